The van der Waals surface area contributed by atoms with Crippen molar-refractivity contribution in [3.63, 3.8) is 0 Å². The highest BCUT2D eigenvalue weighted by Gasteiger charge is 2.78. The molecule has 178 valence electrons. The van der Waals surface area contributed by atoms with Crippen LogP contribution in [0.2, 0.25) is 0 Å². The Labute approximate surface area is 190 Å². The van der Waals surface area contributed by atoms with E-state index in [9.17, 15) is 19.5 Å². The molecule has 2 amide bonds. The number of aliphatic hydroxyl groups excluding tert-OH is 1. The summed E-state index contributed by atoms with van der Waals surface area (Å²) in [5.74, 6) is -2.69. The summed E-state index contributed by atoms with van der Waals surface area (Å²) in [4.78, 5) is 43.7. The van der Waals surface area contributed by atoms with E-state index >= 15 is 0 Å². The van der Waals surface area contributed by atoms with Crippen LogP contribution in [0.3, 0.4) is 0 Å². The molecule has 2 unspecified atom stereocenters. The highest BCUT2D eigenvalue weighted by molar-refractivity contribution is 5.98. The predicted octanol–water partition coefficient (Wildman–Crippen LogP) is 1.68. The van der Waals surface area contributed by atoms with Crippen LogP contribution in [0.4, 0.5) is 0 Å². The molecular formula is C24H36N2O6. The fraction of sp³-hybridized carbons (Fsp3) is 0.708. The number of rotatable bonds is 9. The van der Waals surface area contributed by atoms with Gasteiger partial charge in [0.15, 0.2) is 0 Å². The second-order valence-corrected chi connectivity index (χ2v) is 10.1. The minimum absolute atomic E-state index is 0.00211. The molecule has 0 aromatic rings. The van der Waals surface area contributed by atoms with Crippen molar-refractivity contribution in [1.82, 2.24) is 9.80 Å². The number of carbonyl (C=O) groups excluding carboxylic acids is 3. The lowest BCUT2D eigenvalue weighted by Gasteiger charge is -2.41. The Kier molecular flexibility index (Phi) is 6.60. The first-order valence-corrected chi connectivity index (χ1v) is 11.3. The second-order valence-electron chi connectivity index (χ2n) is 10.1. The summed E-state index contributed by atoms with van der Waals surface area (Å²) in [5, 5.41) is 9.67. The van der Waals surface area contributed by atoms with Gasteiger partial charge in [0.1, 0.15) is 17.6 Å². The van der Waals surface area contributed by atoms with Crippen LogP contribution in [0, 0.1) is 11.8 Å². The normalized spacial score (nSPS) is 33.2. The average Bonchev–Trinajstić information content (AvgIpc) is 3.27. The van der Waals surface area contributed by atoms with Gasteiger partial charge in [-0.2, -0.15) is 0 Å². The van der Waals surface area contributed by atoms with E-state index in [0.29, 0.717) is 25.8 Å². The monoisotopic (exact) mass is 448 g/mol. The first-order valence-electron chi connectivity index (χ1n) is 11.3. The number of ether oxygens (including phenoxy) is 2. The van der Waals surface area contributed by atoms with Crippen molar-refractivity contribution in [3.8, 4) is 0 Å². The van der Waals surface area contributed by atoms with Crippen LogP contribution in [-0.4, -0.2) is 81.8 Å². The Bertz CT molecular complexity index is 805. The molecule has 3 heterocycles. The van der Waals surface area contributed by atoms with Crippen molar-refractivity contribution in [1.29, 1.82) is 0 Å². The number of hydrogen-bond donors (Lipinski definition) is 1. The number of nitrogens with zero attached hydrogens (tertiary/aromatic N) is 2. The van der Waals surface area contributed by atoms with Crippen molar-refractivity contribution >= 4 is 17.8 Å². The molecule has 2 bridgehead atoms. The molecule has 1 spiro atoms. The van der Waals surface area contributed by atoms with Crippen molar-refractivity contribution in [2.24, 2.45) is 11.8 Å². The zero-order chi connectivity index (χ0) is 23.9. The van der Waals surface area contributed by atoms with E-state index in [1.165, 1.54) is 4.90 Å². The molecule has 3 saturated heterocycles. The van der Waals surface area contributed by atoms with Gasteiger partial charge in [-0.15, -0.1) is 13.2 Å². The summed E-state index contributed by atoms with van der Waals surface area (Å²) >= 11 is 0. The molecule has 5 atom stereocenters. The molecule has 3 aliphatic rings. The smallest absolute Gasteiger partial charge is 0.312 e. The summed E-state index contributed by atoms with van der Waals surface area (Å²) in [6.07, 6.45) is 4.86. The number of hydrogen-bond acceptors (Lipinski definition) is 6. The lowest BCUT2D eigenvalue weighted by Crippen LogP contribution is -2.60. The van der Waals surface area contributed by atoms with Crippen LogP contribution in [0.5, 0.6) is 0 Å². The number of likely N-dealkylation sites (tertiary alicyclic amines) is 1. The Morgan fingerprint density at radius 1 is 1.31 bits per heavy atom. The molecule has 0 radical (unpaired) electrons. The molecule has 32 heavy (non-hydrogen) atoms. The van der Waals surface area contributed by atoms with E-state index in [4.69, 9.17) is 9.47 Å². The zero-order valence-electron chi connectivity index (χ0n) is 19.6. The van der Waals surface area contributed by atoms with Gasteiger partial charge in [-0.1, -0.05) is 12.2 Å². The van der Waals surface area contributed by atoms with Crippen LogP contribution < -0.4 is 0 Å². The van der Waals surface area contributed by atoms with Gasteiger partial charge in [0.25, 0.3) is 0 Å². The topological polar surface area (TPSA) is 96.4 Å². The maximum atomic E-state index is 13.9. The fourth-order valence-corrected chi connectivity index (χ4v) is 5.71. The van der Waals surface area contributed by atoms with Gasteiger partial charge >= 0.3 is 5.97 Å². The lowest BCUT2D eigenvalue weighted by molar-refractivity contribution is -0.161. The molecule has 0 aromatic carbocycles. The van der Waals surface area contributed by atoms with Crippen molar-refractivity contribution in [2.75, 3.05) is 26.3 Å². The third-order valence-corrected chi connectivity index (χ3v) is 7.06. The number of esters is 1. The van der Waals surface area contributed by atoms with Crippen LogP contribution in [0.25, 0.3) is 0 Å². The number of fused-ring (bicyclic) bond motifs is 1. The van der Waals surface area contributed by atoms with Crippen LogP contribution >= 0.6 is 0 Å². The van der Waals surface area contributed by atoms with E-state index in [1.807, 2.05) is 27.7 Å². The molecule has 0 saturated carbocycles. The predicted molar refractivity (Wildman–Crippen MR) is 118 cm³/mol. The number of aliphatic hydroxyl groups is 1. The maximum absolute atomic E-state index is 13.9. The fourth-order valence-electron chi connectivity index (χ4n) is 5.71. The van der Waals surface area contributed by atoms with Crippen LogP contribution in [0.1, 0.15) is 47.0 Å². The van der Waals surface area contributed by atoms with E-state index in [0.717, 1.165) is 0 Å². The van der Waals surface area contributed by atoms with Gasteiger partial charge in [-0.05, 0) is 47.0 Å². The number of amides is 2. The highest BCUT2D eigenvalue weighted by Crippen LogP contribution is 2.63. The van der Waals surface area contributed by atoms with Gasteiger partial charge in [0.05, 0.1) is 24.7 Å². The average molecular weight is 449 g/mol. The van der Waals surface area contributed by atoms with E-state index < -0.39 is 40.6 Å². The summed E-state index contributed by atoms with van der Waals surface area (Å²) in [5.41, 5.74) is -2.51. The van der Waals surface area contributed by atoms with Crippen molar-refractivity contribution in [2.45, 2.75) is 69.7 Å². The largest absolute Gasteiger partial charge is 0.465 e. The Hall–Kier alpha value is -2.19. The van der Waals surface area contributed by atoms with Gasteiger partial charge < -0.3 is 24.4 Å². The molecule has 3 aliphatic heterocycles. The molecule has 8 nitrogen and oxygen atoms in total. The van der Waals surface area contributed by atoms with Crippen LogP contribution in [-0.2, 0) is 23.9 Å². The standard InChI is InChI=1S/C24H36N2O6/c1-7-9-15-31-21(30)17-16-19(28)25(13-14-27)18(24(16)11-10-23(17,6)32-24)20(29)26(12-8-2)22(3,4)5/h7-8,16-18,27H,1-2,9-15H2,3-6H3/t16-,17-,18?,23+,24?/m0/s1. The van der Waals surface area contributed by atoms with Crippen LogP contribution in [0.15, 0.2) is 25.3 Å². The van der Waals surface area contributed by atoms with E-state index in [-0.39, 0.29) is 31.6 Å². The summed E-state index contributed by atoms with van der Waals surface area (Å²) in [7, 11) is 0. The van der Waals surface area contributed by atoms with E-state index in [2.05, 4.69) is 13.2 Å². The highest BCUT2D eigenvalue weighted by atomic mass is 16.6. The van der Waals surface area contributed by atoms with Crippen molar-refractivity contribution in [3.05, 3.63) is 25.3 Å². The summed E-state index contributed by atoms with van der Waals surface area (Å²) < 4.78 is 11.9. The Morgan fingerprint density at radius 2 is 2.00 bits per heavy atom. The lowest BCUT2D eigenvalue weighted by atomic mass is 9.66. The second kappa shape index (κ2) is 8.63. The minimum atomic E-state index is -1.12. The molecule has 8 heteroatoms. The Morgan fingerprint density at radius 3 is 2.56 bits per heavy atom. The minimum Gasteiger partial charge on any atom is -0.465 e. The molecule has 1 N–H and O–H groups in total. The van der Waals surface area contributed by atoms with Gasteiger partial charge in [0, 0.05) is 18.6 Å². The first-order chi connectivity index (χ1) is 15.0. The maximum Gasteiger partial charge on any atom is 0.312 e. The van der Waals surface area contributed by atoms with Gasteiger partial charge in [-0.3, -0.25) is 14.4 Å². The van der Waals surface area contributed by atoms with Gasteiger partial charge in [-0.25, -0.2) is 0 Å². The number of β-amino-alcohol motifs (C(OH)–C–C–N with tert-alkyl or cyclic N) is 1. The molecule has 3 rings (SSSR count). The first kappa shape index (κ1) is 24.5. The van der Waals surface area contributed by atoms with Gasteiger partial charge in [0.2, 0.25) is 11.8 Å². The SMILES string of the molecule is C=CCCOC(=O)[C@@H]1[C@H]2C(=O)N(CCO)C(C(=O)N(CC=C)C(C)(C)C)C23CC[C@@]1(C)O3. The summed E-state index contributed by atoms with van der Waals surface area (Å²) in [6, 6.07) is -0.917. The summed E-state index contributed by atoms with van der Waals surface area (Å²) in [6.45, 7) is 15.2. The quantitative estimate of drug-likeness (QED) is 0.328. The number of carbonyl (C=O) groups is 3. The third kappa shape index (κ3) is 3.67. The third-order valence-electron chi connectivity index (χ3n) is 7.06. The molecular weight excluding hydrogens is 412 g/mol. The van der Waals surface area contributed by atoms with Crippen molar-refractivity contribution < 1.29 is 29.0 Å². The molecule has 0 aromatic heterocycles. The molecule has 3 fully saturated rings. The van der Waals surface area contributed by atoms with E-state index in [1.54, 1.807) is 17.1 Å². The molecule has 0 aliphatic carbocycles. The Balaban J connectivity index is 2.04. The zero-order valence-corrected chi connectivity index (χ0v) is 19.6.